The minimum Gasteiger partial charge on any atom is -0.481 e. The van der Waals surface area contributed by atoms with Crippen LogP contribution in [0.1, 0.15) is 71.1 Å². The molecule has 0 aliphatic heterocycles. The molecule has 3 nitrogen and oxygen atoms in total. The Morgan fingerprint density at radius 3 is 2.35 bits per heavy atom. The second-order valence-electron chi connectivity index (χ2n) is 7.34. The number of hydrogen-bond donors (Lipinski definition) is 1. The maximum absolute atomic E-state index is 11.9. The first-order valence-electron chi connectivity index (χ1n) is 8.47. The highest BCUT2D eigenvalue weighted by Gasteiger charge is 2.40. The van der Waals surface area contributed by atoms with Crippen molar-refractivity contribution in [2.75, 3.05) is 13.6 Å². The van der Waals surface area contributed by atoms with Gasteiger partial charge >= 0.3 is 5.97 Å². The van der Waals surface area contributed by atoms with Crippen LogP contribution in [0.25, 0.3) is 0 Å². The molecule has 0 aromatic carbocycles. The molecule has 20 heavy (non-hydrogen) atoms. The van der Waals surface area contributed by atoms with E-state index in [-0.39, 0.29) is 0 Å². The molecule has 0 heterocycles. The van der Waals surface area contributed by atoms with Crippen LogP contribution in [-0.2, 0) is 4.79 Å². The van der Waals surface area contributed by atoms with Gasteiger partial charge in [-0.3, -0.25) is 4.79 Å². The fourth-order valence-electron chi connectivity index (χ4n) is 4.25. The van der Waals surface area contributed by atoms with E-state index in [0.29, 0.717) is 6.04 Å². The molecule has 2 rings (SSSR count). The normalized spacial score (nSPS) is 30.9. The summed E-state index contributed by atoms with van der Waals surface area (Å²) in [6.07, 6.45) is 11.5. The second kappa shape index (κ2) is 6.93. The van der Waals surface area contributed by atoms with Crippen LogP contribution in [0.15, 0.2) is 0 Å². The van der Waals surface area contributed by atoms with Crippen molar-refractivity contribution in [3.63, 3.8) is 0 Å². The molecule has 116 valence electrons. The average Bonchev–Trinajstić information content (AvgIpc) is 2.65. The van der Waals surface area contributed by atoms with E-state index in [9.17, 15) is 9.90 Å². The van der Waals surface area contributed by atoms with Gasteiger partial charge in [-0.25, -0.2) is 0 Å². The Morgan fingerprint density at radius 2 is 1.80 bits per heavy atom. The smallest absolute Gasteiger partial charge is 0.310 e. The van der Waals surface area contributed by atoms with Gasteiger partial charge in [0.05, 0.1) is 5.41 Å². The highest BCUT2D eigenvalue weighted by molar-refractivity contribution is 5.75. The van der Waals surface area contributed by atoms with Crippen molar-refractivity contribution < 1.29 is 9.90 Å². The first-order valence-corrected chi connectivity index (χ1v) is 8.47. The largest absolute Gasteiger partial charge is 0.481 e. The van der Waals surface area contributed by atoms with Gasteiger partial charge in [-0.15, -0.1) is 0 Å². The lowest BCUT2D eigenvalue weighted by Crippen LogP contribution is -2.46. The molecule has 2 atom stereocenters. The van der Waals surface area contributed by atoms with E-state index >= 15 is 0 Å². The van der Waals surface area contributed by atoms with Gasteiger partial charge in [-0.05, 0) is 38.6 Å². The average molecular weight is 281 g/mol. The molecule has 2 unspecified atom stereocenters. The predicted octanol–water partition coefficient (Wildman–Crippen LogP) is 3.92. The van der Waals surface area contributed by atoms with E-state index in [1.165, 1.54) is 38.5 Å². The Balaban J connectivity index is 2.01. The quantitative estimate of drug-likeness (QED) is 0.794. The summed E-state index contributed by atoms with van der Waals surface area (Å²) >= 11 is 0. The maximum atomic E-state index is 11.9. The van der Waals surface area contributed by atoms with Gasteiger partial charge in [0.2, 0.25) is 0 Å². The summed E-state index contributed by atoms with van der Waals surface area (Å²) in [6, 6.07) is 0.596. The predicted molar refractivity (Wildman–Crippen MR) is 81.8 cm³/mol. The van der Waals surface area contributed by atoms with Gasteiger partial charge in [0, 0.05) is 12.6 Å². The minimum atomic E-state index is -0.560. The molecule has 0 aromatic rings. The second-order valence-corrected chi connectivity index (χ2v) is 7.34. The number of aliphatic carboxylic acids is 1. The summed E-state index contributed by atoms with van der Waals surface area (Å²) in [4.78, 5) is 14.3. The summed E-state index contributed by atoms with van der Waals surface area (Å²) in [7, 11) is 2.15. The Labute approximate surface area is 123 Å². The van der Waals surface area contributed by atoms with Crippen molar-refractivity contribution in [3.8, 4) is 0 Å². The van der Waals surface area contributed by atoms with Crippen LogP contribution in [0.3, 0.4) is 0 Å². The Bertz CT molecular complexity index is 321. The highest BCUT2D eigenvalue weighted by Crippen LogP contribution is 2.37. The SMILES string of the molecule is CC1CCCC(N(C)CC2(C(=O)O)CCCCCC2)C1. The third-order valence-corrected chi connectivity index (χ3v) is 5.60. The summed E-state index contributed by atoms with van der Waals surface area (Å²) in [5, 5.41) is 9.79. The molecule has 2 fully saturated rings. The lowest BCUT2D eigenvalue weighted by molar-refractivity contribution is -0.151. The fourth-order valence-corrected chi connectivity index (χ4v) is 4.25. The first kappa shape index (κ1) is 15.8. The van der Waals surface area contributed by atoms with Crippen molar-refractivity contribution in [3.05, 3.63) is 0 Å². The topological polar surface area (TPSA) is 40.5 Å². The van der Waals surface area contributed by atoms with Crippen molar-refractivity contribution in [1.82, 2.24) is 4.90 Å². The summed E-state index contributed by atoms with van der Waals surface area (Å²) in [5.41, 5.74) is -0.480. The van der Waals surface area contributed by atoms with Crippen molar-refractivity contribution in [2.45, 2.75) is 77.2 Å². The summed E-state index contributed by atoms with van der Waals surface area (Å²) < 4.78 is 0. The van der Waals surface area contributed by atoms with Crippen molar-refractivity contribution in [1.29, 1.82) is 0 Å². The van der Waals surface area contributed by atoms with Gasteiger partial charge in [-0.1, -0.05) is 45.4 Å². The fraction of sp³-hybridized carbons (Fsp3) is 0.941. The molecule has 0 spiro atoms. The number of carboxylic acids is 1. The number of nitrogens with zero attached hydrogens (tertiary/aromatic N) is 1. The number of carbonyl (C=O) groups is 1. The van der Waals surface area contributed by atoms with Crippen molar-refractivity contribution in [2.24, 2.45) is 11.3 Å². The van der Waals surface area contributed by atoms with Crippen LogP contribution in [0.2, 0.25) is 0 Å². The molecule has 0 saturated heterocycles. The summed E-state index contributed by atoms with van der Waals surface area (Å²) in [6.45, 7) is 3.08. The van der Waals surface area contributed by atoms with E-state index in [1.807, 2.05) is 0 Å². The molecule has 0 aromatic heterocycles. The Morgan fingerprint density at radius 1 is 1.15 bits per heavy atom. The molecule has 0 bridgehead atoms. The third-order valence-electron chi connectivity index (χ3n) is 5.60. The van der Waals surface area contributed by atoms with Gasteiger partial charge in [0.1, 0.15) is 0 Å². The van der Waals surface area contributed by atoms with Crippen molar-refractivity contribution >= 4 is 5.97 Å². The van der Waals surface area contributed by atoms with E-state index in [0.717, 1.165) is 38.1 Å². The van der Waals surface area contributed by atoms with Gasteiger partial charge in [0.15, 0.2) is 0 Å². The Kier molecular flexibility index (Phi) is 5.48. The first-order chi connectivity index (χ1) is 9.53. The molecule has 0 amide bonds. The summed E-state index contributed by atoms with van der Waals surface area (Å²) in [5.74, 6) is 0.237. The van der Waals surface area contributed by atoms with E-state index in [2.05, 4.69) is 18.9 Å². The molecule has 2 aliphatic carbocycles. The van der Waals surface area contributed by atoms with Crippen LogP contribution in [0.5, 0.6) is 0 Å². The zero-order chi connectivity index (χ0) is 14.6. The standard InChI is InChI=1S/C17H31NO2/c1-14-8-7-9-15(12-14)18(2)13-17(16(19)20)10-5-3-4-6-11-17/h14-15H,3-13H2,1-2H3,(H,19,20). The minimum absolute atomic E-state index is 0.480. The third kappa shape index (κ3) is 3.75. The van der Waals surface area contributed by atoms with Crippen LogP contribution >= 0.6 is 0 Å². The van der Waals surface area contributed by atoms with Crippen LogP contribution < -0.4 is 0 Å². The van der Waals surface area contributed by atoms with Crippen LogP contribution in [0.4, 0.5) is 0 Å². The lowest BCUT2D eigenvalue weighted by Gasteiger charge is -2.39. The zero-order valence-corrected chi connectivity index (χ0v) is 13.2. The number of rotatable bonds is 4. The molecule has 1 N–H and O–H groups in total. The number of hydrogen-bond acceptors (Lipinski definition) is 2. The Hall–Kier alpha value is -0.570. The lowest BCUT2D eigenvalue weighted by atomic mass is 9.78. The van der Waals surface area contributed by atoms with E-state index in [4.69, 9.17) is 0 Å². The molecule has 2 aliphatic rings. The van der Waals surface area contributed by atoms with Crippen LogP contribution in [0, 0.1) is 11.3 Å². The van der Waals surface area contributed by atoms with Gasteiger partial charge in [-0.2, -0.15) is 0 Å². The highest BCUT2D eigenvalue weighted by atomic mass is 16.4. The number of carboxylic acid groups (broad SMARTS) is 1. The molecular weight excluding hydrogens is 250 g/mol. The molecule has 0 radical (unpaired) electrons. The van der Waals surface area contributed by atoms with E-state index in [1.54, 1.807) is 0 Å². The van der Waals surface area contributed by atoms with E-state index < -0.39 is 11.4 Å². The monoisotopic (exact) mass is 281 g/mol. The molecule has 3 heteroatoms. The van der Waals surface area contributed by atoms with Crippen LogP contribution in [-0.4, -0.2) is 35.6 Å². The molecule has 2 saturated carbocycles. The van der Waals surface area contributed by atoms with Gasteiger partial charge < -0.3 is 10.0 Å². The molecular formula is C17H31NO2. The zero-order valence-electron chi connectivity index (χ0n) is 13.2. The van der Waals surface area contributed by atoms with Gasteiger partial charge in [0.25, 0.3) is 0 Å². The maximum Gasteiger partial charge on any atom is 0.310 e.